The van der Waals surface area contributed by atoms with Crippen LogP contribution in [0.3, 0.4) is 0 Å². The van der Waals surface area contributed by atoms with Gasteiger partial charge in [-0.1, -0.05) is 30.0 Å². The maximum Gasteiger partial charge on any atom is 0.295 e. The Morgan fingerprint density at radius 2 is 1.68 bits per heavy atom. The zero-order chi connectivity index (χ0) is 26.5. The average molecular weight is 520 g/mol. The van der Waals surface area contributed by atoms with E-state index < -0.39 is 0 Å². The molecule has 0 spiro atoms. The minimum atomic E-state index is -0.271. The SMILES string of the molecule is CCN(CC)c1ccc(-c2nnc(SCC(=O)Nc3c(C)n(C)n(-c4ccccc4)c3=O)n2CC)cc1. The predicted molar refractivity (Wildman–Crippen MR) is 150 cm³/mol. The first kappa shape index (κ1) is 26.3. The lowest BCUT2D eigenvalue weighted by molar-refractivity contribution is -0.113. The van der Waals surface area contributed by atoms with Crippen LogP contribution >= 0.6 is 11.8 Å². The van der Waals surface area contributed by atoms with Crippen molar-refractivity contribution in [2.75, 3.05) is 29.1 Å². The summed E-state index contributed by atoms with van der Waals surface area (Å²) in [6.07, 6.45) is 0. The molecule has 2 aromatic carbocycles. The lowest BCUT2D eigenvalue weighted by atomic mass is 10.2. The van der Waals surface area contributed by atoms with Gasteiger partial charge in [0.25, 0.3) is 5.56 Å². The molecule has 37 heavy (non-hydrogen) atoms. The number of rotatable bonds is 10. The fourth-order valence-electron chi connectivity index (χ4n) is 4.32. The Bertz CT molecular complexity index is 1420. The van der Waals surface area contributed by atoms with Gasteiger partial charge in [-0.15, -0.1) is 10.2 Å². The molecular formula is C27H33N7O2S. The molecule has 0 aliphatic carbocycles. The summed E-state index contributed by atoms with van der Waals surface area (Å²) in [4.78, 5) is 28.2. The maximum atomic E-state index is 13.1. The van der Waals surface area contributed by atoms with Crippen molar-refractivity contribution in [1.29, 1.82) is 0 Å². The molecule has 10 heteroatoms. The Hall–Kier alpha value is -3.79. The molecule has 0 bridgehead atoms. The van der Waals surface area contributed by atoms with Crippen LogP contribution in [0.1, 0.15) is 26.5 Å². The van der Waals surface area contributed by atoms with Crippen LogP contribution < -0.4 is 15.8 Å². The number of para-hydroxylation sites is 1. The van der Waals surface area contributed by atoms with Gasteiger partial charge in [0.2, 0.25) is 5.91 Å². The lowest BCUT2D eigenvalue weighted by Crippen LogP contribution is -2.23. The van der Waals surface area contributed by atoms with Crippen molar-refractivity contribution in [3.05, 3.63) is 70.6 Å². The fraction of sp³-hybridized carbons (Fsp3) is 0.333. The highest BCUT2D eigenvalue weighted by Crippen LogP contribution is 2.26. The van der Waals surface area contributed by atoms with Crippen LogP contribution in [-0.4, -0.2) is 48.9 Å². The lowest BCUT2D eigenvalue weighted by Gasteiger charge is -2.21. The number of nitrogens with zero attached hydrogens (tertiary/aromatic N) is 6. The number of hydrogen-bond acceptors (Lipinski definition) is 6. The molecular weight excluding hydrogens is 486 g/mol. The van der Waals surface area contributed by atoms with Crippen molar-refractivity contribution in [1.82, 2.24) is 24.1 Å². The minimum Gasteiger partial charge on any atom is -0.372 e. The Labute approximate surface area is 221 Å². The van der Waals surface area contributed by atoms with Crippen molar-refractivity contribution in [2.45, 2.75) is 39.4 Å². The summed E-state index contributed by atoms with van der Waals surface area (Å²) in [6, 6.07) is 17.7. The van der Waals surface area contributed by atoms with Crippen molar-refractivity contribution >= 4 is 29.0 Å². The Morgan fingerprint density at radius 1 is 1.00 bits per heavy atom. The van der Waals surface area contributed by atoms with Gasteiger partial charge in [-0.25, -0.2) is 4.68 Å². The Kier molecular flexibility index (Phi) is 8.17. The highest BCUT2D eigenvalue weighted by atomic mass is 32.2. The van der Waals surface area contributed by atoms with Crippen LogP contribution in [0, 0.1) is 6.92 Å². The molecule has 0 fully saturated rings. The number of thioether (sulfide) groups is 1. The normalized spacial score (nSPS) is 11.1. The van der Waals surface area contributed by atoms with Gasteiger partial charge in [0.15, 0.2) is 11.0 Å². The number of aromatic nitrogens is 5. The second-order valence-electron chi connectivity index (χ2n) is 8.54. The van der Waals surface area contributed by atoms with Crippen LogP contribution in [0.4, 0.5) is 11.4 Å². The average Bonchev–Trinajstić information content (AvgIpc) is 3.43. The van der Waals surface area contributed by atoms with E-state index in [0.29, 0.717) is 17.4 Å². The third-order valence-electron chi connectivity index (χ3n) is 6.44. The van der Waals surface area contributed by atoms with Crippen LogP contribution in [0.15, 0.2) is 64.5 Å². The first-order valence-corrected chi connectivity index (χ1v) is 13.4. The molecule has 0 unspecified atom stereocenters. The predicted octanol–water partition coefficient (Wildman–Crippen LogP) is 4.34. The van der Waals surface area contributed by atoms with Gasteiger partial charge in [-0.05, 0) is 64.1 Å². The molecule has 0 saturated carbocycles. The van der Waals surface area contributed by atoms with Gasteiger partial charge in [0.05, 0.1) is 17.1 Å². The number of nitrogens with one attached hydrogen (secondary N) is 1. The zero-order valence-electron chi connectivity index (χ0n) is 21.9. The second-order valence-corrected chi connectivity index (χ2v) is 9.49. The van der Waals surface area contributed by atoms with E-state index in [0.717, 1.165) is 30.2 Å². The minimum absolute atomic E-state index is 0.109. The van der Waals surface area contributed by atoms with Crippen LogP contribution in [-0.2, 0) is 18.4 Å². The highest BCUT2D eigenvalue weighted by Gasteiger charge is 2.20. The van der Waals surface area contributed by atoms with Gasteiger partial charge in [-0.2, -0.15) is 0 Å². The van der Waals surface area contributed by atoms with E-state index in [1.165, 1.54) is 17.4 Å². The molecule has 0 saturated heterocycles. The molecule has 2 heterocycles. The molecule has 4 aromatic rings. The summed E-state index contributed by atoms with van der Waals surface area (Å²) in [5, 5.41) is 12.2. The topological polar surface area (TPSA) is 90.0 Å². The summed E-state index contributed by atoms with van der Waals surface area (Å²) in [7, 11) is 1.80. The van der Waals surface area contributed by atoms with Crippen LogP contribution in [0.25, 0.3) is 17.1 Å². The van der Waals surface area contributed by atoms with E-state index in [4.69, 9.17) is 0 Å². The second kappa shape index (κ2) is 11.5. The number of carbonyl (C=O) groups is 1. The van der Waals surface area contributed by atoms with Crippen molar-refractivity contribution in [3.8, 4) is 17.1 Å². The maximum absolute atomic E-state index is 13.1. The molecule has 1 amide bonds. The summed E-state index contributed by atoms with van der Waals surface area (Å²) >= 11 is 1.30. The summed E-state index contributed by atoms with van der Waals surface area (Å²) in [5.41, 5.74) is 3.58. The van der Waals surface area contributed by atoms with Gasteiger partial charge in [0, 0.05) is 37.9 Å². The molecule has 0 atom stereocenters. The molecule has 4 rings (SSSR count). The number of carbonyl (C=O) groups excluding carboxylic acids is 1. The third-order valence-corrected chi connectivity index (χ3v) is 7.40. The quantitative estimate of drug-likeness (QED) is 0.314. The number of anilines is 2. The van der Waals surface area contributed by atoms with E-state index in [-0.39, 0.29) is 22.9 Å². The van der Waals surface area contributed by atoms with Crippen LogP contribution in [0.5, 0.6) is 0 Å². The van der Waals surface area contributed by atoms with Gasteiger partial charge < -0.3 is 14.8 Å². The Morgan fingerprint density at radius 3 is 2.30 bits per heavy atom. The smallest absolute Gasteiger partial charge is 0.295 e. The van der Waals surface area contributed by atoms with Crippen LogP contribution in [0.2, 0.25) is 0 Å². The number of amides is 1. The molecule has 194 valence electrons. The van der Waals surface area contributed by atoms with Gasteiger partial charge in [0.1, 0.15) is 5.69 Å². The van der Waals surface area contributed by atoms with Crippen molar-refractivity contribution in [2.24, 2.45) is 7.05 Å². The van der Waals surface area contributed by atoms with Crippen molar-refractivity contribution < 1.29 is 4.79 Å². The van der Waals surface area contributed by atoms with Gasteiger partial charge in [-0.3, -0.25) is 14.3 Å². The highest BCUT2D eigenvalue weighted by molar-refractivity contribution is 7.99. The molecule has 0 radical (unpaired) electrons. The molecule has 0 aliphatic heterocycles. The zero-order valence-corrected chi connectivity index (χ0v) is 22.7. The van der Waals surface area contributed by atoms with E-state index in [2.05, 4.69) is 58.5 Å². The van der Waals surface area contributed by atoms with E-state index in [1.807, 2.05) is 48.7 Å². The molecule has 0 aliphatic rings. The van der Waals surface area contributed by atoms with E-state index in [1.54, 1.807) is 16.4 Å². The third kappa shape index (κ3) is 5.34. The number of benzene rings is 2. The molecule has 1 N–H and O–H groups in total. The number of hydrogen-bond donors (Lipinski definition) is 1. The fourth-order valence-corrected chi connectivity index (χ4v) is 5.12. The first-order valence-electron chi connectivity index (χ1n) is 12.4. The monoisotopic (exact) mass is 519 g/mol. The molecule has 9 nitrogen and oxygen atoms in total. The first-order chi connectivity index (χ1) is 17.9. The molecule has 2 aromatic heterocycles. The van der Waals surface area contributed by atoms with Crippen molar-refractivity contribution in [3.63, 3.8) is 0 Å². The summed E-state index contributed by atoms with van der Waals surface area (Å²) < 4.78 is 5.29. The van der Waals surface area contributed by atoms with E-state index >= 15 is 0 Å². The van der Waals surface area contributed by atoms with E-state index in [9.17, 15) is 9.59 Å². The largest absolute Gasteiger partial charge is 0.372 e. The van der Waals surface area contributed by atoms with Gasteiger partial charge >= 0.3 is 0 Å². The Balaban J connectivity index is 1.47. The standard InChI is InChI=1S/C27H33N7O2S/c1-6-32(7-2)21-16-14-20(15-17-21)25-29-30-27(33(25)8-3)37-18-23(35)28-24-19(4)31(5)34(26(24)36)22-12-10-9-11-13-22/h9-17H,6-8,18H2,1-5H3,(H,28,35). The summed E-state index contributed by atoms with van der Waals surface area (Å²) in [5.74, 6) is 0.603. The summed E-state index contributed by atoms with van der Waals surface area (Å²) in [6.45, 7) is 10.7.